The minimum atomic E-state index is -0.363. The predicted octanol–water partition coefficient (Wildman–Crippen LogP) is 5.31. The molecule has 1 saturated heterocycles. The number of imide groups is 1. The van der Waals surface area contributed by atoms with E-state index in [1.165, 1.54) is 23.4 Å². The molecule has 35 heavy (non-hydrogen) atoms. The fraction of sp³-hybridized carbons (Fsp3) is 0.241. The van der Waals surface area contributed by atoms with Crippen molar-refractivity contribution in [2.45, 2.75) is 26.7 Å². The maximum atomic E-state index is 13.7. The SMILES string of the molecule is COc1ccc(C2=C(Nc3ccc(N4CCCC4)cc3)C(=O)N(c3cccc(C)c3C)C2=O)cc1. The van der Waals surface area contributed by atoms with Crippen LogP contribution in [0.1, 0.15) is 29.5 Å². The molecule has 3 aromatic rings. The highest BCUT2D eigenvalue weighted by molar-refractivity contribution is 6.46. The van der Waals surface area contributed by atoms with Gasteiger partial charge >= 0.3 is 0 Å². The summed E-state index contributed by atoms with van der Waals surface area (Å²) in [5, 5.41) is 3.27. The first-order valence-corrected chi connectivity index (χ1v) is 11.9. The van der Waals surface area contributed by atoms with Crippen molar-refractivity contribution >= 4 is 34.4 Å². The molecule has 2 amide bonds. The van der Waals surface area contributed by atoms with Gasteiger partial charge in [-0.15, -0.1) is 0 Å². The van der Waals surface area contributed by atoms with Crippen molar-refractivity contribution in [3.63, 3.8) is 0 Å². The molecule has 0 saturated carbocycles. The molecule has 1 fully saturated rings. The minimum Gasteiger partial charge on any atom is -0.497 e. The van der Waals surface area contributed by atoms with E-state index in [0.717, 1.165) is 29.9 Å². The number of carbonyl (C=O) groups is 2. The number of aryl methyl sites for hydroxylation is 1. The van der Waals surface area contributed by atoms with Crippen LogP contribution in [0.4, 0.5) is 17.1 Å². The monoisotopic (exact) mass is 467 g/mol. The Hall–Kier alpha value is -4.06. The Labute approximate surface area is 205 Å². The number of anilines is 3. The number of hydrogen-bond donors (Lipinski definition) is 1. The summed E-state index contributed by atoms with van der Waals surface area (Å²) in [6, 6.07) is 20.9. The highest BCUT2D eigenvalue weighted by atomic mass is 16.5. The molecule has 0 radical (unpaired) electrons. The smallest absolute Gasteiger partial charge is 0.282 e. The lowest BCUT2D eigenvalue weighted by Crippen LogP contribution is -2.33. The molecule has 178 valence electrons. The molecule has 5 rings (SSSR count). The number of carbonyl (C=O) groups excluding carboxylic acids is 2. The molecule has 0 bridgehead atoms. The molecule has 0 spiro atoms. The van der Waals surface area contributed by atoms with E-state index in [-0.39, 0.29) is 17.5 Å². The summed E-state index contributed by atoms with van der Waals surface area (Å²) < 4.78 is 5.28. The van der Waals surface area contributed by atoms with Crippen LogP contribution >= 0.6 is 0 Å². The Bertz CT molecular complexity index is 1300. The van der Waals surface area contributed by atoms with Crippen LogP contribution in [0.3, 0.4) is 0 Å². The lowest BCUT2D eigenvalue weighted by Gasteiger charge is -2.19. The van der Waals surface area contributed by atoms with E-state index < -0.39 is 0 Å². The molecule has 6 nitrogen and oxygen atoms in total. The highest BCUT2D eigenvalue weighted by Gasteiger charge is 2.41. The molecule has 1 N–H and O–H groups in total. The predicted molar refractivity (Wildman–Crippen MR) is 140 cm³/mol. The topological polar surface area (TPSA) is 61.9 Å². The third-order valence-electron chi connectivity index (χ3n) is 6.89. The normalized spacial score (nSPS) is 15.9. The second-order valence-electron chi connectivity index (χ2n) is 9.01. The van der Waals surface area contributed by atoms with Gasteiger partial charge in [0.25, 0.3) is 11.8 Å². The zero-order valence-corrected chi connectivity index (χ0v) is 20.3. The van der Waals surface area contributed by atoms with Crippen molar-refractivity contribution in [2.24, 2.45) is 0 Å². The molecule has 2 heterocycles. The Balaban J connectivity index is 1.54. The lowest BCUT2D eigenvalue weighted by molar-refractivity contribution is -0.120. The minimum absolute atomic E-state index is 0.273. The molecule has 6 heteroatoms. The third kappa shape index (κ3) is 4.16. The van der Waals surface area contributed by atoms with Gasteiger partial charge in [0.15, 0.2) is 0 Å². The lowest BCUT2D eigenvalue weighted by atomic mass is 10.0. The molecule has 2 aliphatic heterocycles. The number of benzene rings is 3. The van der Waals surface area contributed by atoms with Gasteiger partial charge in [0, 0.05) is 24.5 Å². The zero-order chi connectivity index (χ0) is 24.5. The van der Waals surface area contributed by atoms with Gasteiger partial charge in [-0.2, -0.15) is 0 Å². The first-order valence-electron chi connectivity index (χ1n) is 11.9. The van der Waals surface area contributed by atoms with Gasteiger partial charge in [0.2, 0.25) is 0 Å². The van der Waals surface area contributed by atoms with E-state index in [1.54, 1.807) is 19.2 Å². The van der Waals surface area contributed by atoms with Crippen LogP contribution in [0.5, 0.6) is 5.75 Å². The first kappa shape index (κ1) is 22.7. The summed E-state index contributed by atoms with van der Waals surface area (Å²) >= 11 is 0. The molecular formula is C29H29N3O3. The summed E-state index contributed by atoms with van der Waals surface area (Å²) in [6.45, 7) is 6.04. The van der Waals surface area contributed by atoms with Crippen molar-refractivity contribution in [3.05, 3.63) is 89.1 Å². The van der Waals surface area contributed by atoms with Gasteiger partial charge in [-0.05, 0) is 85.8 Å². The van der Waals surface area contributed by atoms with Gasteiger partial charge in [0.1, 0.15) is 11.4 Å². The molecule has 0 aliphatic carbocycles. The van der Waals surface area contributed by atoms with Crippen molar-refractivity contribution < 1.29 is 14.3 Å². The summed E-state index contributed by atoms with van der Waals surface area (Å²) in [5.41, 5.74) is 5.74. The number of nitrogens with one attached hydrogen (secondary N) is 1. The van der Waals surface area contributed by atoms with Crippen LogP contribution in [0.15, 0.2) is 72.4 Å². The number of hydrogen-bond acceptors (Lipinski definition) is 5. The third-order valence-corrected chi connectivity index (χ3v) is 6.89. The maximum absolute atomic E-state index is 13.7. The van der Waals surface area contributed by atoms with Gasteiger partial charge in [0.05, 0.1) is 18.4 Å². The largest absolute Gasteiger partial charge is 0.497 e. The summed E-state index contributed by atoms with van der Waals surface area (Å²) in [7, 11) is 1.60. The second kappa shape index (κ2) is 9.29. The molecule has 2 aliphatic rings. The quantitative estimate of drug-likeness (QED) is 0.498. The maximum Gasteiger partial charge on any atom is 0.282 e. The molecule has 0 unspecified atom stereocenters. The number of nitrogens with zero attached hydrogens (tertiary/aromatic N) is 2. The first-order chi connectivity index (χ1) is 17.0. The average Bonchev–Trinajstić information content (AvgIpc) is 3.49. The number of methoxy groups -OCH3 is 1. The fourth-order valence-corrected chi connectivity index (χ4v) is 4.74. The van der Waals surface area contributed by atoms with E-state index in [0.29, 0.717) is 22.6 Å². The van der Waals surface area contributed by atoms with Crippen molar-refractivity contribution in [3.8, 4) is 5.75 Å². The summed E-state index contributed by atoms with van der Waals surface area (Å²) in [4.78, 5) is 31.1. The van der Waals surface area contributed by atoms with Crippen LogP contribution in [-0.4, -0.2) is 32.0 Å². The van der Waals surface area contributed by atoms with E-state index in [9.17, 15) is 9.59 Å². The van der Waals surface area contributed by atoms with Gasteiger partial charge in [-0.3, -0.25) is 9.59 Å². The average molecular weight is 468 g/mol. The van der Waals surface area contributed by atoms with E-state index in [4.69, 9.17) is 4.74 Å². The molecule has 0 aromatic heterocycles. The van der Waals surface area contributed by atoms with Crippen LogP contribution < -0.4 is 19.9 Å². The molecular weight excluding hydrogens is 438 g/mol. The number of ether oxygens (including phenoxy) is 1. The number of amides is 2. The van der Waals surface area contributed by atoms with Crippen LogP contribution in [-0.2, 0) is 9.59 Å². The number of rotatable bonds is 6. The standard InChI is InChI=1S/C29H29N3O3/c1-19-7-6-8-25(20(19)2)32-28(33)26(21-9-15-24(35-3)16-10-21)27(29(32)34)30-22-11-13-23(14-12-22)31-17-4-5-18-31/h6-16,30H,4-5,17-18H2,1-3H3. The van der Waals surface area contributed by atoms with Crippen LogP contribution in [0.2, 0.25) is 0 Å². The van der Waals surface area contributed by atoms with Gasteiger partial charge < -0.3 is 15.0 Å². The molecule has 3 aromatic carbocycles. The van der Waals surface area contributed by atoms with Crippen molar-refractivity contribution in [1.29, 1.82) is 0 Å². The Morgan fingerprint density at radius 2 is 1.51 bits per heavy atom. The van der Waals surface area contributed by atoms with E-state index in [2.05, 4.69) is 22.3 Å². The zero-order valence-electron chi connectivity index (χ0n) is 20.3. The second-order valence-corrected chi connectivity index (χ2v) is 9.01. The summed E-state index contributed by atoms with van der Waals surface area (Å²) in [6.07, 6.45) is 2.42. The van der Waals surface area contributed by atoms with Gasteiger partial charge in [-0.1, -0.05) is 24.3 Å². The molecule has 0 atom stereocenters. The fourth-order valence-electron chi connectivity index (χ4n) is 4.74. The Morgan fingerprint density at radius 1 is 0.829 bits per heavy atom. The van der Waals surface area contributed by atoms with E-state index >= 15 is 0 Å². The Kier molecular flexibility index (Phi) is 6.03. The van der Waals surface area contributed by atoms with Crippen molar-refractivity contribution in [2.75, 3.05) is 35.3 Å². The van der Waals surface area contributed by atoms with Gasteiger partial charge in [-0.25, -0.2) is 4.90 Å². The van der Waals surface area contributed by atoms with E-state index in [1.807, 2.05) is 56.3 Å². The van der Waals surface area contributed by atoms with Crippen LogP contribution in [0.25, 0.3) is 5.57 Å². The summed E-state index contributed by atoms with van der Waals surface area (Å²) in [5.74, 6) is -0.0206. The Morgan fingerprint density at radius 3 is 2.17 bits per heavy atom. The van der Waals surface area contributed by atoms with Crippen LogP contribution in [0, 0.1) is 13.8 Å². The highest BCUT2D eigenvalue weighted by Crippen LogP contribution is 2.36. The van der Waals surface area contributed by atoms with Crippen molar-refractivity contribution in [1.82, 2.24) is 0 Å².